The predicted molar refractivity (Wildman–Crippen MR) is 136 cm³/mol. The predicted octanol–water partition coefficient (Wildman–Crippen LogP) is 2.90. The summed E-state index contributed by atoms with van der Waals surface area (Å²) < 4.78 is 13.7. The molecule has 35 heavy (non-hydrogen) atoms. The zero-order chi connectivity index (χ0) is 24.2. The van der Waals surface area contributed by atoms with Gasteiger partial charge in [-0.1, -0.05) is 0 Å². The van der Waals surface area contributed by atoms with Gasteiger partial charge in [0.2, 0.25) is 0 Å². The average Bonchev–Trinajstić information content (AvgIpc) is 3.32. The molecule has 3 aromatic rings. The summed E-state index contributed by atoms with van der Waals surface area (Å²) in [7, 11) is 3.53. The zero-order valence-corrected chi connectivity index (χ0v) is 20.7. The van der Waals surface area contributed by atoms with E-state index in [0.29, 0.717) is 5.56 Å². The van der Waals surface area contributed by atoms with Crippen LogP contribution in [0.1, 0.15) is 23.2 Å². The fraction of sp³-hybridized carbons (Fsp3) is 0.481. The van der Waals surface area contributed by atoms with Gasteiger partial charge in [0.15, 0.2) is 0 Å². The number of carbonyl (C=O) groups is 1. The van der Waals surface area contributed by atoms with Gasteiger partial charge in [-0.2, -0.15) is 0 Å². The van der Waals surface area contributed by atoms with Crippen molar-refractivity contribution in [3.8, 4) is 11.6 Å². The van der Waals surface area contributed by atoms with Crippen LogP contribution in [-0.4, -0.2) is 103 Å². The van der Waals surface area contributed by atoms with Gasteiger partial charge in [-0.25, -0.2) is 4.98 Å². The number of rotatable bonds is 7. The van der Waals surface area contributed by atoms with E-state index in [2.05, 4.69) is 14.8 Å². The number of likely N-dealkylation sites (tertiary alicyclic amines) is 1. The Bertz CT molecular complexity index is 1130. The Morgan fingerprint density at radius 1 is 1.03 bits per heavy atom. The summed E-state index contributed by atoms with van der Waals surface area (Å²) in [5, 5.41) is 1.01. The standard InChI is InChI=1S/C27H35N5O3/c1-29(2)27(33)22-3-5-25-21(19-22)7-12-32(25)26-6-4-24(20-28-26)35-23-8-10-30(11-9-23)13-14-31-15-17-34-18-16-31/h3-7,12,19-20,23H,8-11,13-18H2,1-2H3. The maximum atomic E-state index is 12.3. The molecule has 8 nitrogen and oxygen atoms in total. The molecule has 0 unspecified atom stereocenters. The molecule has 0 aliphatic carbocycles. The number of pyridine rings is 1. The summed E-state index contributed by atoms with van der Waals surface area (Å²) in [5.74, 6) is 1.65. The average molecular weight is 478 g/mol. The van der Waals surface area contributed by atoms with Crippen LogP contribution in [0.2, 0.25) is 0 Å². The fourth-order valence-corrected chi connectivity index (χ4v) is 4.87. The monoisotopic (exact) mass is 477 g/mol. The van der Waals surface area contributed by atoms with Gasteiger partial charge in [0.25, 0.3) is 5.91 Å². The first-order chi connectivity index (χ1) is 17.1. The van der Waals surface area contributed by atoms with Crippen LogP contribution in [0.3, 0.4) is 0 Å². The molecule has 2 saturated heterocycles. The van der Waals surface area contributed by atoms with Crippen LogP contribution in [0.15, 0.2) is 48.8 Å². The number of benzene rings is 1. The van der Waals surface area contributed by atoms with Crippen LogP contribution >= 0.6 is 0 Å². The SMILES string of the molecule is CN(C)C(=O)c1ccc2c(ccn2-c2ccc(OC3CCN(CCN4CCOCC4)CC3)cn2)c1. The summed E-state index contributed by atoms with van der Waals surface area (Å²) in [6.07, 6.45) is 6.13. The molecule has 0 bridgehead atoms. The molecule has 186 valence electrons. The molecular formula is C27H35N5O3. The third-order valence-corrected chi connectivity index (χ3v) is 6.98. The van der Waals surface area contributed by atoms with Crippen molar-refractivity contribution in [2.45, 2.75) is 18.9 Å². The number of ether oxygens (including phenoxy) is 2. The number of hydrogen-bond acceptors (Lipinski definition) is 6. The molecule has 0 N–H and O–H groups in total. The van der Waals surface area contributed by atoms with E-state index in [0.717, 1.165) is 87.8 Å². The molecule has 2 aliphatic rings. The maximum Gasteiger partial charge on any atom is 0.253 e. The highest BCUT2D eigenvalue weighted by Gasteiger charge is 2.21. The Morgan fingerprint density at radius 3 is 2.46 bits per heavy atom. The highest BCUT2D eigenvalue weighted by atomic mass is 16.5. The highest BCUT2D eigenvalue weighted by Crippen LogP contribution is 2.24. The Kier molecular flexibility index (Phi) is 7.32. The minimum atomic E-state index is 0.00205. The number of amides is 1. The number of morpholine rings is 1. The van der Waals surface area contributed by atoms with Gasteiger partial charge >= 0.3 is 0 Å². The molecule has 0 radical (unpaired) electrons. The maximum absolute atomic E-state index is 12.3. The first-order valence-electron chi connectivity index (χ1n) is 12.5. The van der Waals surface area contributed by atoms with E-state index < -0.39 is 0 Å². The van der Waals surface area contributed by atoms with Crippen LogP contribution in [0.4, 0.5) is 0 Å². The molecule has 4 heterocycles. The smallest absolute Gasteiger partial charge is 0.253 e. The summed E-state index contributed by atoms with van der Waals surface area (Å²) in [4.78, 5) is 23.6. The fourth-order valence-electron chi connectivity index (χ4n) is 4.87. The van der Waals surface area contributed by atoms with Gasteiger partial charge in [-0.05, 0) is 49.2 Å². The van der Waals surface area contributed by atoms with Crippen molar-refractivity contribution < 1.29 is 14.3 Å². The third kappa shape index (κ3) is 5.66. The van der Waals surface area contributed by atoms with Crippen molar-refractivity contribution in [2.24, 2.45) is 0 Å². The van der Waals surface area contributed by atoms with Crippen molar-refractivity contribution in [2.75, 3.05) is 66.6 Å². The summed E-state index contributed by atoms with van der Waals surface area (Å²) >= 11 is 0. The first kappa shape index (κ1) is 23.8. The minimum Gasteiger partial charge on any atom is -0.489 e. The van der Waals surface area contributed by atoms with Crippen LogP contribution in [0, 0.1) is 0 Å². The number of fused-ring (bicyclic) bond motifs is 1. The van der Waals surface area contributed by atoms with E-state index in [1.807, 2.05) is 53.4 Å². The number of piperidine rings is 1. The number of nitrogens with zero attached hydrogens (tertiary/aromatic N) is 5. The van der Waals surface area contributed by atoms with Gasteiger partial charge in [0.05, 0.1) is 24.9 Å². The van der Waals surface area contributed by atoms with Gasteiger partial charge in [-0.15, -0.1) is 0 Å². The van der Waals surface area contributed by atoms with E-state index in [-0.39, 0.29) is 12.0 Å². The van der Waals surface area contributed by atoms with Crippen molar-refractivity contribution >= 4 is 16.8 Å². The number of carbonyl (C=O) groups excluding carboxylic acids is 1. The van der Waals surface area contributed by atoms with E-state index >= 15 is 0 Å². The van der Waals surface area contributed by atoms with Crippen molar-refractivity contribution in [1.29, 1.82) is 0 Å². The molecular weight excluding hydrogens is 442 g/mol. The lowest BCUT2D eigenvalue weighted by Gasteiger charge is -2.34. The topological polar surface area (TPSA) is 63.1 Å². The van der Waals surface area contributed by atoms with Gasteiger partial charge in [-0.3, -0.25) is 9.69 Å². The van der Waals surface area contributed by atoms with Gasteiger partial charge in [0.1, 0.15) is 17.7 Å². The van der Waals surface area contributed by atoms with Crippen LogP contribution in [0.5, 0.6) is 5.75 Å². The Balaban J connectivity index is 1.15. The molecule has 1 aromatic carbocycles. The Labute approximate surface area is 207 Å². The van der Waals surface area contributed by atoms with Crippen molar-refractivity contribution in [3.05, 3.63) is 54.4 Å². The quantitative estimate of drug-likeness (QED) is 0.522. The molecule has 2 aliphatic heterocycles. The van der Waals surface area contributed by atoms with Crippen molar-refractivity contribution in [3.63, 3.8) is 0 Å². The molecule has 0 spiro atoms. The molecule has 5 rings (SSSR count). The van der Waals surface area contributed by atoms with Crippen LogP contribution in [0.25, 0.3) is 16.7 Å². The molecule has 0 saturated carbocycles. The molecule has 2 fully saturated rings. The molecule has 2 aromatic heterocycles. The lowest BCUT2D eigenvalue weighted by molar-refractivity contribution is 0.0289. The second kappa shape index (κ2) is 10.8. The molecule has 8 heteroatoms. The third-order valence-electron chi connectivity index (χ3n) is 6.98. The largest absolute Gasteiger partial charge is 0.489 e. The summed E-state index contributed by atoms with van der Waals surface area (Å²) in [6.45, 7) is 8.24. The highest BCUT2D eigenvalue weighted by molar-refractivity contribution is 5.98. The number of aromatic nitrogens is 2. The van der Waals surface area contributed by atoms with Gasteiger partial charge in [0, 0.05) is 70.5 Å². The first-order valence-corrected chi connectivity index (χ1v) is 12.5. The normalized spacial score (nSPS) is 18.1. The number of hydrogen-bond donors (Lipinski definition) is 0. The minimum absolute atomic E-state index is 0.00205. The summed E-state index contributed by atoms with van der Waals surface area (Å²) in [6, 6.07) is 11.8. The Hall–Kier alpha value is -2.94. The lowest BCUT2D eigenvalue weighted by Crippen LogP contribution is -2.44. The second-order valence-corrected chi connectivity index (χ2v) is 9.62. The zero-order valence-electron chi connectivity index (χ0n) is 20.7. The van der Waals surface area contributed by atoms with E-state index in [1.165, 1.54) is 0 Å². The van der Waals surface area contributed by atoms with Crippen LogP contribution < -0.4 is 4.74 Å². The van der Waals surface area contributed by atoms with Crippen molar-refractivity contribution in [1.82, 2.24) is 24.3 Å². The molecule has 0 atom stereocenters. The second-order valence-electron chi connectivity index (χ2n) is 9.62. The molecule has 1 amide bonds. The van der Waals surface area contributed by atoms with Gasteiger partial charge < -0.3 is 23.8 Å². The van der Waals surface area contributed by atoms with E-state index in [1.54, 1.807) is 19.0 Å². The summed E-state index contributed by atoms with van der Waals surface area (Å²) in [5.41, 5.74) is 1.70. The van der Waals surface area contributed by atoms with E-state index in [4.69, 9.17) is 9.47 Å². The van der Waals surface area contributed by atoms with E-state index in [9.17, 15) is 4.79 Å². The Morgan fingerprint density at radius 2 is 1.77 bits per heavy atom. The van der Waals surface area contributed by atoms with Crippen LogP contribution in [-0.2, 0) is 4.74 Å². The lowest BCUT2D eigenvalue weighted by atomic mass is 10.1.